The molecule has 4 heterocycles. The molecular formula is C33H49N7O5. The lowest BCUT2D eigenvalue weighted by Crippen LogP contribution is -2.42. The summed E-state index contributed by atoms with van der Waals surface area (Å²) in [5.74, 6) is 7.45. The van der Waals surface area contributed by atoms with Crippen molar-refractivity contribution in [3.63, 3.8) is 0 Å². The lowest BCUT2D eigenvalue weighted by atomic mass is 9.78. The van der Waals surface area contributed by atoms with Crippen LogP contribution in [0.3, 0.4) is 0 Å². The number of ether oxygens (including phenoxy) is 2. The van der Waals surface area contributed by atoms with E-state index in [0.717, 1.165) is 69.9 Å². The lowest BCUT2D eigenvalue weighted by molar-refractivity contribution is -0.134. The molecule has 0 spiro atoms. The predicted molar refractivity (Wildman–Crippen MR) is 171 cm³/mol. The third-order valence-corrected chi connectivity index (χ3v) is 9.38. The van der Waals surface area contributed by atoms with Crippen molar-refractivity contribution in [1.82, 2.24) is 19.8 Å². The quantitative estimate of drug-likeness (QED) is 0.224. The molecule has 0 unspecified atom stereocenters. The second-order valence-corrected chi connectivity index (χ2v) is 12.4. The summed E-state index contributed by atoms with van der Waals surface area (Å²) in [4.78, 5) is 44.9. The lowest BCUT2D eigenvalue weighted by Gasteiger charge is -2.40. The fourth-order valence-electron chi connectivity index (χ4n) is 6.68. The smallest absolute Gasteiger partial charge is 0.320 e. The summed E-state index contributed by atoms with van der Waals surface area (Å²) in [6.07, 6.45) is 7.14. The van der Waals surface area contributed by atoms with Crippen LogP contribution in [0.2, 0.25) is 0 Å². The van der Waals surface area contributed by atoms with E-state index in [2.05, 4.69) is 50.9 Å². The number of hydrogen-bond acceptors (Lipinski definition) is 10. The van der Waals surface area contributed by atoms with Gasteiger partial charge in [-0.05, 0) is 68.2 Å². The van der Waals surface area contributed by atoms with Gasteiger partial charge in [-0.25, -0.2) is 5.90 Å². The second kappa shape index (κ2) is 16.3. The largest absolute Gasteiger partial charge is 0.463 e. The molecule has 12 nitrogen and oxygen atoms in total. The monoisotopic (exact) mass is 623 g/mol. The number of carbonyl (C=O) groups is 2. The molecule has 1 aromatic heterocycles. The summed E-state index contributed by atoms with van der Waals surface area (Å²) in [6, 6.07) is 8.77. The molecule has 45 heavy (non-hydrogen) atoms. The molecule has 4 N–H and O–H groups in total. The highest BCUT2D eigenvalue weighted by Gasteiger charge is 2.33. The van der Waals surface area contributed by atoms with Crippen LogP contribution in [0.15, 0.2) is 24.3 Å². The number of unbranched alkanes of at least 4 members (excludes halogenated alkanes) is 1. The molecule has 0 saturated carbocycles. The van der Waals surface area contributed by atoms with Gasteiger partial charge in [0, 0.05) is 25.2 Å². The van der Waals surface area contributed by atoms with Crippen LogP contribution in [0.1, 0.15) is 68.6 Å². The molecule has 5 rings (SSSR count). The van der Waals surface area contributed by atoms with Crippen molar-refractivity contribution in [2.24, 2.45) is 17.7 Å². The zero-order valence-corrected chi connectivity index (χ0v) is 26.6. The first-order chi connectivity index (χ1) is 21.9. The number of nitrogens with two attached hydrogens (primary N) is 2. The van der Waals surface area contributed by atoms with E-state index >= 15 is 0 Å². The number of piperidine rings is 2. The number of carbonyl (C=O) groups excluding carboxylic acids is 2. The molecule has 3 aliphatic rings. The van der Waals surface area contributed by atoms with E-state index in [0.29, 0.717) is 62.5 Å². The van der Waals surface area contributed by atoms with Crippen LogP contribution >= 0.6 is 0 Å². The summed E-state index contributed by atoms with van der Waals surface area (Å²) in [5.41, 5.74) is 9.15. The predicted octanol–water partition coefficient (Wildman–Crippen LogP) is 3.07. The zero-order valence-electron chi connectivity index (χ0n) is 26.6. The molecule has 0 radical (unpaired) electrons. The van der Waals surface area contributed by atoms with Gasteiger partial charge in [-0.1, -0.05) is 37.6 Å². The van der Waals surface area contributed by atoms with Crippen molar-refractivity contribution >= 4 is 23.5 Å². The first kappa shape index (κ1) is 33.1. The number of aromatic nitrogens is 2. The highest BCUT2D eigenvalue weighted by molar-refractivity contribution is 6.01. The summed E-state index contributed by atoms with van der Waals surface area (Å²) in [6.45, 7) is 9.03. The first-order valence-electron chi connectivity index (χ1n) is 16.5. The number of nitrogen functional groups attached to an aromatic ring is 1. The molecule has 0 atom stereocenters. The Morgan fingerprint density at radius 1 is 0.911 bits per heavy atom. The Bertz CT molecular complexity index is 1260. The fraction of sp³-hybridized carbons (Fsp3) is 0.636. The van der Waals surface area contributed by atoms with Crippen molar-refractivity contribution in [3.8, 4) is 6.01 Å². The van der Waals surface area contributed by atoms with Gasteiger partial charge in [0.25, 0.3) is 0 Å². The van der Waals surface area contributed by atoms with E-state index in [1.54, 1.807) is 4.90 Å². The van der Waals surface area contributed by atoms with Crippen molar-refractivity contribution < 1.29 is 23.9 Å². The van der Waals surface area contributed by atoms with Gasteiger partial charge in [-0.3, -0.25) is 19.4 Å². The van der Waals surface area contributed by atoms with E-state index in [9.17, 15) is 9.59 Å². The van der Waals surface area contributed by atoms with Crippen molar-refractivity contribution in [2.45, 2.75) is 71.4 Å². The minimum atomic E-state index is -0.0273. The van der Waals surface area contributed by atoms with Crippen LogP contribution in [0, 0.1) is 11.8 Å². The van der Waals surface area contributed by atoms with E-state index in [1.165, 1.54) is 18.4 Å². The van der Waals surface area contributed by atoms with Crippen molar-refractivity contribution in [1.29, 1.82) is 0 Å². The third kappa shape index (κ3) is 8.90. The normalized spacial score (nSPS) is 18.0. The number of nitrogens with zero attached hydrogens (tertiary/aromatic N) is 5. The van der Waals surface area contributed by atoms with Gasteiger partial charge in [0.2, 0.25) is 11.8 Å². The molecule has 3 aliphatic heterocycles. The zero-order chi connectivity index (χ0) is 31.6. The van der Waals surface area contributed by atoms with Crippen LogP contribution in [-0.4, -0.2) is 84.2 Å². The van der Waals surface area contributed by atoms with Gasteiger partial charge in [0.1, 0.15) is 11.6 Å². The molecule has 2 amide bonds. The Labute approximate surface area is 266 Å². The van der Waals surface area contributed by atoms with E-state index in [4.69, 9.17) is 21.1 Å². The Hall–Kier alpha value is -3.32. The van der Waals surface area contributed by atoms with Gasteiger partial charge in [0.15, 0.2) is 0 Å². The number of benzene rings is 1. The van der Waals surface area contributed by atoms with Crippen LogP contribution in [0.4, 0.5) is 11.6 Å². The molecular weight excluding hydrogens is 574 g/mol. The highest BCUT2D eigenvalue weighted by Crippen LogP contribution is 2.34. The maximum atomic E-state index is 12.9. The average Bonchev–Trinajstić information content (AvgIpc) is 3.37. The molecule has 246 valence electrons. The Balaban J connectivity index is 1.05. The Kier molecular flexibility index (Phi) is 12.0. The molecule has 2 fully saturated rings. The molecule has 1 aromatic carbocycles. The maximum Gasteiger partial charge on any atom is 0.320 e. The summed E-state index contributed by atoms with van der Waals surface area (Å²) < 4.78 is 11.1. The van der Waals surface area contributed by atoms with Gasteiger partial charge in [-0.2, -0.15) is 9.97 Å². The minimum Gasteiger partial charge on any atom is -0.463 e. The second-order valence-electron chi connectivity index (χ2n) is 12.4. The topological polar surface area (TPSA) is 149 Å². The van der Waals surface area contributed by atoms with Gasteiger partial charge in [-0.15, -0.1) is 0 Å². The summed E-state index contributed by atoms with van der Waals surface area (Å²) >= 11 is 0. The van der Waals surface area contributed by atoms with E-state index in [1.807, 2.05) is 4.90 Å². The number of likely N-dealkylation sites (tertiary alicyclic amines) is 2. The SMILES string of the molecule is CCCCOc1nc(N)c2c(n1)N(Cc1ccc(CN3CCC(C4CCN(C(=O)CCOCCON)CC4)CC3)cc1)C(=O)C2. The van der Waals surface area contributed by atoms with Gasteiger partial charge < -0.3 is 24.9 Å². The molecule has 2 aromatic rings. The number of amides is 2. The summed E-state index contributed by atoms with van der Waals surface area (Å²) in [7, 11) is 0. The van der Waals surface area contributed by atoms with Crippen LogP contribution in [0.25, 0.3) is 0 Å². The standard InChI is InChI=1S/C33H49N7O5/c1-2-3-17-44-33-36-31(34)28-21-30(42)40(32(28)37-33)23-25-6-4-24(5-7-25)22-38-13-8-26(9-14-38)27-10-15-39(16-11-27)29(41)12-18-43-19-20-45-35/h4-7,26-27H,2-3,8-23,35H2,1H3,(H2,34,36,37). The number of fused-ring (bicyclic) bond motifs is 1. The molecule has 12 heteroatoms. The van der Waals surface area contributed by atoms with Crippen LogP contribution < -0.4 is 21.3 Å². The number of hydrogen-bond donors (Lipinski definition) is 2. The van der Waals surface area contributed by atoms with E-state index < -0.39 is 0 Å². The minimum absolute atomic E-state index is 0.0273. The third-order valence-electron chi connectivity index (χ3n) is 9.38. The van der Waals surface area contributed by atoms with Crippen LogP contribution in [0.5, 0.6) is 6.01 Å². The Morgan fingerprint density at radius 3 is 2.24 bits per heavy atom. The van der Waals surface area contributed by atoms with Gasteiger partial charge in [0.05, 0.1) is 45.8 Å². The number of anilines is 2. The van der Waals surface area contributed by atoms with Crippen molar-refractivity contribution in [3.05, 3.63) is 41.0 Å². The molecule has 0 aliphatic carbocycles. The molecule has 2 saturated heterocycles. The Morgan fingerprint density at radius 2 is 1.58 bits per heavy atom. The van der Waals surface area contributed by atoms with Crippen LogP contribution in [-0.2, 0) is 38.7 Å². The maximum absolute atomic E-state index is 12.9. The summed E-state index contributed by atoms with van der Waals surface area (Å²) in [5, 5.41) is 0. The molecule has 0 bridgehead atoms. The van der Waals surface area contributed by atoms with Crippen molar-refractivity contribution in [2.75, 3.05) is 63.2 Å². The number of rotatable bonds is 15. The van der Waals surface area contributed by atoms with E-state index in [-0.39, 0.29) is 24.2 Å². The average molecular weight is 624 g/mol. The van der Waals surface area contributed by atoms with Gasteiger partial charge >= 0.3 is 6.01 Å². The fourth-order valence-corrected chi connectivity index (χ4v) is 6.68. The first-order valence-corrected chi connectivity index (χ1v) is 16.5. The highest BCUT2D eigenvalue weighted by atomic mass is 16.6.